The van der Waals surface area contributed by atoms with E-state index in [4.69, 9.17) is 4.74 Å². The molecule has 0 amide bonds. The van der Waals surface area contributed by atoms with E-state index in [1.54, 1.807) is 6.92 Å². The van der Waals surface area contributed by atoms with Gasteiger partial charge in [0.2, 0.25) is 0 Å². The lowest BCUT2D eigenvalue weighted by molar-refractivity contribution is -0.139. The summed E-state index contributed by atoms with van der Waals surface area (Å²) in [7, 11) is 0. The fourth-order valence-electron chi connectivity index (χ4n) is 1.33. The van der Waals surface area contributed by atoms with E-state index < -0.39 is 0 Å². The Bertz CT molecular complexity index is 468. The first-order chi connectivity index (χ1) is 7.79. The number of aromatic amines is 1. The van der Waals surface area contributed by atoms with E-state index in [1.165, 1.54) is 11.8 Å². The number of carbonyl (C=O) groups excluding carboxylic acids is 1. The molecule has 1 heterocycles. The standard InChI is InChI=1S/C11H12N2O2S.ClH/c1-2-15-10(14)7-16-11-12-8-5-3-4-6-9(8)13-11;/h3-6H,2,7H2,1H3,(H,12,13);1H/p-1. The van der Waals surface area contributed by atoms with Crippen molar-refractivity contribution >= 4 is 28.8 Å². The molecule has 2 aromatic rings. The van der Waals surface area contributed by atoms with Gasteiger partial charge in [0.25, 0.3) is 0 Å². The van der Waals surface area contributed by atoms with Gasteiger partial charge in [-0.15, -0.1) is 0 Å². The molecule has 0 saturated carbocycles. The predicted molar refractivity (Wildman–Crippen MR) is 63.5 cm³/mol. The number of H-pyrrole nitrogens is 1. The number of imidazole rings is 1. The number of hydrogen-bond acceptors (Lipinski definition) is 4. The average Bonchev–Trinajstić information content (AvgIpc) is 2.69. The second-order valence-electron chi connectivity index (χ2n) is 3.15. The number of para-hydroxylation sites is 2. The van der Waals surface area contributed by atoms with Gasteiger partial charge < -0.3 is 22.1 Å². The quantitative estimate of drug-likeness (QED) is 0.586. The van der Waals surface area contributed by atoms with Crippen molar-refractivity contribution < 1.29 is 21.9 Å². The van der Waals surface area contributed by atoms with Crippen LogP contribution in [0.1, 0.15) is 6.92 Å². The molecule has 92 valence electrons. The lowest BCUT2D eigenvalue weighted by Crippen LogP contribution is -3.00. The van der Waals surface area contributed by atoms with Crippen LogP contribution in [0.2, 0.25) is 0 Å². The normalized spacial score (nSPS) is 9.94. The minimum absolute atomic E-state index is 0. The van der Waals surface area contributed by atoms with E-state index in [2.05, 4.69) is 9.97 Å². The van der Waals surface area contributed by atoms with Crippen LogP contribution in [0, 0.1) is 0 Å². The number of hydrogen-bond donors (Lipinski definition) is 1. The molecule has 0 saturated heterocycles. The van der Waals surface area contributed by atoms with Crippen LogP contribution in [0.25, 0.3) is 11.0 Å². The smallest absolute Gasteiger partial charge is 0.316 e. The fraction of sp³-hybridized carbons (Fsp3) is 0.273. The van der Waals surface area contributed by atoms with Crippen molar-refractivity contribution in [2.24, 2.45) is 0 Å². The third-order valence-corrected chi connectivity index (χ3v) is 2.85. The second kappa shape index (κ2) is 6.51. The highest BCUT2D eigenvalue weighted by Crippen LogP contribution is 2.18. The third kappa shape index (κ3) is 3.64. The Morgan fingerprint density at radius 2 is 2.24 bits per heavy atom. The topological polar surface area (TPSA) is 55.0 Å². The molecule has 0 aliphatic carbocycles. The van der Waals surface area contributed by atoms with Gasteiger partial charge in [-0.2, -0.15) is 0 Å². The summed E-state index contributed by atoms with van der Waals surface area (Å²) in [5.41, 5.74) is 1.89. The molecule has 17 heavy (non-hydrogen) atoms. The third-order valence-electron chi connectivity index (χ3n) is 2.00. The van der Waals surface area contributed by atoms with Crippen LogP contribution in [-0.2, 0) is 9.53 Å². The zero-order valence-electron chi connectivity index (χ0n) is 9.27. The fourth-order valence-corrected chi connectivity index (χ4v) is 2.01. The second-order valence-corrected chi connectivity index (χ2v) is 4.12. The average molecular weight is 272 g/mol. The Hall–Kier alpha value is -1.20. The summed E-state index contributed by atoms with van der Waals surface area (Å²) < 4.78 is 4.84. The van der Waals surface area contributed by atoms with Gasteiger partial charge in [0, 0.05) is 0 Å². The van der Waals surface area contributed by atoms with Crippen LogP contribution < -0.4 is 12.4 Å². The van der Waals surface area contributed by atoms with E-state index in [9.17, 15) is 4.79 Å². The van der Waals surface area contributed by atoms with E-state index in [0.717, 1.165) is 16.2 Å². The lowest BCUT2D eigenvalue weighted by atomic mass is 10.3. The van der Waals surface area contributed by atoms with Crippen LogP contribution in [-0.4, -0.2) is 28.3 Å². The molecule has 1 N–H and O–H groups in total. The van der Waals surface area contributed by atoms with Gasteiger partial charge in [-0.1, -0.05) is 23.9 Å². The minimum Gasteiger partial charge on any atom is -1.00 e. The number of fused-ring (bicyclic) bond motifs is 1. The predicted octanol–water partition coefficient (Wildman–Crippen LogP) is -0.778. The Morgan fingerprint density at radius 3 is 2.94 bits per heavy atom. The number of rotatable bonds is 4. The first kappa shape index (κ1) is 13.9. The highest BCUT2D eigenvalue weighted by atomic mass is 35.5. The van der Waals surface area contributed by atoms with Crippen LogP contribution in [0.5, 0.6) is 0 Å². The van der Waals surface area contributed by atoms with Gasteiger partial charge in [0.1, 0.15) is 0 Å². The summed E-state index contributed by atoms with van der Waals surface area (Å²) in [6.07, 6.45) is 0. The van der Waals surface area contributed by atoms with Gasteiger partial charge in [-0.3, -0.25) is 4.79 Å². The first-order valence-corrected chi connectivity index (χ1v) is 6.01. The summed E-state index contributed by atoms with van der Waals surface area (Å²) in [4.78, 5) is 18.6. The lowest BCUT2D eigenvalue weighted by Gasteiger charge is -1.98. The van der Waals surface area contributed by atoms with Crippen molar-refractivity contribution in [3.05, 3.63) is 24.3 Å². The molecule has 6 heteroatoms. The summed E-state index contributed by atoms with van der Waals surface area (Å²) in [5, 5.41) is 0.745. The van der Waals surface area contributed by atoms with Crippen molar-refractivity contribution in [1.29, 1.82) is 0 Å². The molecule has 0 unspecified atom stereocenters. The van der Waals surface area contributed by atoms with E-state index in [1.807, 2.05) is 24.3 Å². The molecule has 1 aromatic carbocycles. The van der Waals surface area contributed by atoms with Crippen LogP contribution in [0.4, 0.5) is 0 Å². The summed E-state index contributed by atoms with van der Waals surface area (Å²) >= 11 is 1.35. The number of nitrogens with one attached hydrogen (secondary N) is 1. The molecule has 2 rings (SSSR count). The molecule has 0 aliphatic rings. The zero-order valence-corrected chi connectivity index (χ0v) is 10.8. The van der Waals surface area contributed by atoms with Crippen molar-refractivity contribution in [2.75, 3.05) is 12.4 Å². The van der Waals surface area contributed by atoms with Crippen LogP contribution in [0.15, 0.2) is 29.4 Å². The molecule has 4 nitrogen and oxygen atoms in total. The van der Waals surface area contributed by atoms with Gasteiger partial charge in [0.05, 0.1) is 23.4 Å². The van der Waals surface area contributed by atoms with Crippen molar-refractivity contribution in [3.8, 4) is 0 Å². The molecule has 0 atom stereocenters. The summed E-state index contributed by atoms with van der Waals surface area (Å²) in [5.74, 6) is 0.0705. The number of aromatic nitrogens is 2. The monoisotopic (exact) mass is 271 g/mol. The van der Waals surface area contributed by atoms with Gasteiger partial charge >= 0.3 is 5.97 Å². The minimum atomic E-state index is -0.215. The number of halogens is 1. The molecular formula is C11H12ClN2O2S-. The summed E-state index contributed by atoms with van der Waals surface area (Å²) in [6, 6.07) is 7.76. The van der Waals surface area contributed by atoms with Crippen molar-refractivity contribution in [3.63, 3.8) is 0 Å². The van der Waals surface area contributed by atoms with Crippen molar-refractivity contribution in [2.45, 2.75) is 12.1 Å². The van der Waals surface area contributed by atoms with E-state index in [-0.39, 0.29) is 24.1 Å². The number of carbonyl (C=O) groups is 1. The molecule has 0 radical (unpaired) electrons. The Balaban J connectivity index is 0.00000144. The highest BCUT2D eigenvalue weighted by Gasteiger charge is 2.06. The van der Waals surface area contributed by atoms with Crippen molar-refractivity contribution in [1.82, 2.24) is 9.97 Å². The maximum Gasteiger partial charge on any atom is 0.316 e. The highest BCUT2D eigenvalue weighted by molar-refractivity contribution is 7.99. The number of esters is 1. The Kier molecular flexibility index (Phi) is 5.31. The van der Waals surface area contributed by atoms with Gasteiger partial charge in [-0.25, -0.2) is 4.98 Å². The van der Waals surface area contributed by atoms with Crippen LogP contribution in [0.3, 0.4) is 0 Å². The molecule has 0 bridgehead atoms. The van der Waals surface area contributed by atoms with Crippen LogP contribution >= 0.6 is 11.8 Å². The number of thioether (sulfide) groups is 1. The number of benzene rings is 1. The molecule has 0 fully saturated rings. The zero-order chi connectivity index (χ0) is 11.4. The number of nitrogens with zero attached hydrogens (tertiary/aromatic N) is 1. The first-order valence-electron chi connectivity index (χ1n) is 5.02. The van der Waals surface area contributed by atoms with Gasteiger partial charge in [0.15, 0.2) is 5.16 Å². The van der Waals surface area contributed by atoms with E-state index >= 15 is 0 Å². The maximum absolute atomic E-state index is 11.1. The molecule has 0 spiro atoms. The molecule has 1 aromatic heterocycles. The Morgan fingerprint density at radius 1 is 1.47 bits per heavy atom. The molecule has 0 aliphatic heterocycles. The maximum atomic E-state index is 11.1. The number of ether oxygens (including phenoxy) is 1. The Labute approximate surface area is 110 Å². The van der Waals surface area contributed by atoms with Gasteiger partial charge in [-0.05, 0) is 19.1 Å². The summed E-state index contributed by atoms with van der Waals surface area (Å²) in [6.45, 7) is 2.21. The van der Waals surface area contributed by atoms with E-state index in [0.29, 0.717) is 6.61 Å². The SMILES string of the molecule is CCOC(=O)CSc1nc2ccccc2[nH]1.[Cl-]. The molecular weight excluding hydrogens is 260 g/mol. The largest absolute Gasteiger partial charge is 1.00 e.